The summed E-state index contributed by atoms with van der Waals surface area (Å²) in [5, 5.41) is 11.6. The Hall–Kier alpha value is -3.02. The molecular formula is C24H22BrF2N5O2S. The molecular weight excluding hydrogens is 540 g/mol. The number of benzene rings is 2. The number of pyridine rings is 1. The van der Waals surface area contributed by atoms with E-state index in [0.29, 0.717) is 11.1 Å². The van der Waals surface area contributed by atoms with Crippen LogP contribution >= 0.6 is 28.1 Å². The number of carbonyl (C=O) groups excluding carboxylic acids is 1. The number of hydrogen-bond donors (Lipinski definition) is 4. The molecule has 3 aromatic rings. The quantitative estimate of drug-likeness (QED) is 0.136. The number of para-hydroxylation sites is 1. The molecule has 11 heteroatoms. The number of ether oxygens (including phenoxy) is 1. The zero-order valence-electron chi connectivity index (χ0n) is 18.4. The Morgan fingerprint density at radius 3 is 2.69 bits per heavy atom. The van der Waals surface area contributed by atoms with E-state index in [9.17, 15) is 9.18 Å². The van der Waals surface area contributed by atoms with E-state index in [-0.39, 0.29) is 23.3 Å². The Labute approximate surface area is 214 Å². The van der Waals surface area contributed by atoms with Crippen LogP contribution in [0, 0.1) is 17.0 Å². The fourth-order valence-electron chi connectivity index (χ4n) is 3.48. The Kier molecular flexibility index (Phi) is 8.32. The number of nitrogens with one attached hydrogen (secondary N) is 4. The monoisotopic (exact) mass is 561 g/mol. The molecule has 1 aliphatic rings. The molecule has 182 valence electrons. The van der Waals surface area contributed by atoms with Crippen LogP contribution in [0.2, 0.25) is 0 Å². The van der Waals surface area contributed by atoms with E-state index < -0.39 is 28.7 Å². The van der Waals surface area contributed by atoms with E-state index in [0.717, 1.165) is 43.2 Å². The molecule has 35 heavy (non-hydrogen) atoms. The van der Waals surface area contributed by atoms with E-state index in [1.54, 1.807) is 0 Å². The van der Waals surface area contributed by atoms with Crippen LogP contribution in [0.4, 0.5) is 26.0 Å². The number of halogens is 3. The van der Waals surface area contributed by atoms with Crippen LogP contribution in [0.1, 0.15) is 35.2 Å². The average Bonchev–Trinajstić information content (AvgIpc) is 2.87. The minimum Gasteiger partial charge on any atom is -0.359 e. The Morgan fingerprint density at radius 2 is 1.94 bits per heavy atom. The lowest BCUT2D eigenvalue weighted by Gasteiger charge is -2.25. The maximum atomic E-state index is 15.2. The zero-order chi connectivity index (χ0) is 24.8. The van der Waals surface area contributed by atoms with E-state index in [4.69, 9.17) is 10.1 Å². The number of rotatable bonds is 9. The molecule has 0 amide bonds. The van der Waals surface area contributed by atoms with Gasteiger partial charge in [0.1, 0.15) is 23.6 Å². The molecule has 0 spiro atoms. The Bertz CT molecular complexity index is 1230. The first-order valence-electron chi connectivity index (χ1n) is 10.8. The molecule has 2 heterocycles. The lowest BCUT2D eigenvalue weighted by Crippen LogP contribution is -2.29. The summed E-state index contributed by atoms with van der Waals surface area (Å²) in [5.41, 5.74) is -0.634. The second-order valence-corrected chi connectivity index (χ2v) is 9.24. The van der Waals surface area contributed by atoms with Crippen molar-refractivity contribution in [3.63, 3.8) is 0 Å². The van der Waals surface area contributed by atoms with E-state index >= 15 is 4.39 Å². The lowest BCUT2D eigenvalue weighted by atomic mass is 9.99. The molecule has 4 rings (SSSR count). The number of carbonyl (C=O) groups is 1. The van der Waals surface area contributed by atoms with Crippen LogP contribution in [0.15, 0.2) is 59.2 Å². The van der Waals surface area contributed by atoms with E-state index in [1.807, 2.05) is 30.3 Å². The predicted octanol–water partition coefficient (Wildman–Crippen LogP) is 6.40. The van der Waals surface area contributed by atoms with Gasteiger partial charge >= 0.3 is 0 Å². The van der Waals surface area contributed by atoms with E-state index in [1.165, 1.54) is 18.3 Å². The van der Waals surface area contributed by atoms with Crippen molar-refractivity contribution in [2.24, 2.45) is 0 Å². The van der Waals surface area contributed by atoms with Crippen molar-refractivity contribution in [1.82, 2.24) is 4.98 Å². The number of Topliss-reactive ketones (excluding diaryl/α,β-unsaturated/α-hetero) is 1. The third kappa shape index (κ3) is 6.16. The molecule has 0 bridgehead atoms. The molecule has 7 nitrogen and oxygen atoms in total. The number of ketones is 1. The number of anilines is 3. The Balaban J connectivity index is 1.55. The molecule has 0 saturated carbocycles. The second-order valence-electron chi connectivity index (χ2n) is 7.71. The van der Waals surface area contributed by atoms with Crippen molar-refractivity contribution in [2.75, 3.05) is 21.4 Å². The molecule has 1 fully saturated rings. The predicted molar refractivity (Wildman–Crippen MR) is 138 cm³/mol. The van der Waals surface area contributed by atoms with Gasteiger partial charge in [-0.2, -0.15) is 0 Å². The minimum atomic E-state index is -1.10. The summed E-state index contributed by atoms with van der Waals surface area (Å²) < 4.78 is 41.7. The van der Waals surface area contributed by atoms with Crippen LogP contribution < -0.4 is 14.8 Å². The van der Waals surface area contributed by atoms with Gasteiger partial charge in [-0.3, -0.25) is 10.2 Å². The van der Waals surface area contributed by atoms with Crippen LogP contribution in [0.5, 0.6) is 0 Å². The van der Waals surface area contributed by atoms with Crippen molar-refractivity contribution in [3.05, 3.63) is 82.0 Å². The van der Waals surface area contributed by atoms with E-state index in [2.05, 4.69) is 35.7 Å². The summed E-state index contributed by atoms with van der Waals surface area (Å²) in [6.07, 6.45) is 3.84. The number of nitrogens with zero attached hydrogens (tertiary/aromatic N) is 1. The first kappa shape index (κ1) is 25.1. The molecule has 1 aromatic heterocycles. The van der Waals surface area contributed by atoms with Gasteiger partial charge in [0, 0.05) is 28.5 Å². The van der Waals surface area contributed by atoms with Crippen LogP contribution in [-0.2, 0) is 4.74 Å². The second kappa shape index (κ2) is 11.6. The highest BCUT2D eigenvalue weighted by atomic mass is 79.9. The summed E-state index contributed by atoms with van der Waals surface area (Å²) in [6, 6.07) is 12.9. The van der Waals surface area contributed by atoms with Gasteiger partial charge in [-0.15, -0.1) is 0 Å². The smallest absolute Gasteiger partial charge is 0.217 e. The van der Waals surface area contributed by atoms with Gasteiger partial charge in [0.05, 0.1) is 23.4 Å². The fraction of sp³-hybridized carbons (Fsp3) is 0.208. The van der Waals surface area contributed by atoms with Crippen molar-refractivity contribution in [2.45, 2.75) is 25.5 Å². The molecule has 1 atom stereocenters. The van der Waals surface area contributed by atoms with Crippen LogP contribution in [0.3, 0.4) is 0 Å². The molecule has 1 saturated heterocycles. The third-order valence-corrected chi connectivity index (χ3v) is 6.34. The molecule has 0 radical (unpaired) electrons. The van der Waals surface area contributed by atoms with Crippen molar-refractivity contribution >= 4 is 56.8 Å². The summed E-state index contributed by atoms with van der Waals surface area (Å²) in [7, 11) is 0. The average molecular weight is 562 g/mol. The highest BCUT2D eigenvalue weighted by Crippen LogP contribution is 2.28. The van der Waals surface area contributed by atoms with Gasteiger partial charge in [0.15, 0.2) is 5.82 Å². The first-order valence-corrected chi connectivity index (χ1v) is 12.4. The minimum absolute atomic E-state index is 0.0997. The van der Waals surface area contributed by atoms with Gasteiger partial charge in [-0.25, -0.2) is 13.8 Å². The SMILES string of the molecule is N=C(C(=O)c1c(F)ccc(NSNc2ccccc2)c1F)c1cc(Br)cnc1NC1CCCCO1. The maximum Gasteiger partial charge on any atom is 0.217 e. The molecule has 0 aliphatic carbocycles. The number of aromatic nitrogens is 1. The van der Waals surface area contributed by atoms with Gasteiger partial charge in [0.2, 0.25) is 5.78 Å². The molecule has 2 aromatic carbocycles. The Morgan fingerprint density at radius 1 is 1.14 bits per heavy atom. The standard InChI is InChI=1S/C24H22BrF2N5O2S/c25-14-12-16(24(29-13-14)30-19-8-4-5-11-34-19)22(28)23(33)20-17(26)9-10-18(21(20)27)32-35-31-15-6-2-1-3-7-15/h1-3,6-7,9-10,12-13,19,28,31-32H,4-5,8,11H2,(H,29,30). The summed E-state index contributed by atoms with van der Waals surface area (Å²) in [4.78, 5) is 17.4. The topological polar surface area (TPSA) is 99.1 Å². The molecule has 4 N–H and O–H groups in total. The van der Waals surface area contributed by atoms with Gasteiger partial charge in [0.25, 0.3) is 0 Å². The van der Waals surface area contributed by atoms with Crippen LogP contribution in [-0.4, -0.2) is 29.3 Å². The fourth-order valence-corrected chi connectivity index (χ4v) is 4.39. The summed E-state index contributed by atoms with van der Waals surface area (Å²) in [6.45, 7) is 0.591. The normalized spacial score (nSPS) is 15.3. The maximum absolute atomic E-state index is 15.2. The van der Waals surface area contributed by atoms with Gasteiger partial charge < -0.3 is 19.5 Å². The number of hydrogen-bond acceptors (Lipinski definition) is 8. The summed E-state index contributed by atoms with van der Waals surface area (Å²) >= 11 is 4.25. The van der Waals surface area contributed by atoms with Crippen molar-refractivity contribution in [1.29, 1.82) is 5.41 Å². The third-order valence-electron chi connectivity index (χ3n) is 5.25. The highest BCUT2D eigenvalue weighted by Gasteiger charge is 2.27. The first-order chi connectivity index (χ1) is 16.9. The van der Waals surface area contributed by atoms with Gasteiger partial charge in [-0.1, -0.05) is 18.2 Å². The largest absolute Gasteiger partial charge is 0.359 e. The van der Waals surface area contributed by atoms with Gasteiger partial charge in [-0.05, 0) is 65.5 Å². The summed E-state index contributed by atoms with van der Waals surface area (Å²) in [5.74, 6) is -3.01. The van der Waals surface area contributed by atoms with Crippen LogP contribution in [0.25, 0.3) is 0 Å². The molecule has 1 aliphatic heterocycles. The molecule has 1 unspecified atom stereocenters. The zero-order valence-corrected chi connectivity index (χ0v) is 20.8. The van der Waals surface area contributed by atoms with Crippen molar-refractivity contribution in [3.8, 4) is 0 Å². The van der Waals surface area contributed by atoms with Crippen molar-refractivity contribution < 1.29 is 18.3 Å². The highest BCUT2D eigenvalue weighted by molar-refractivity contribution is 9.10. The lowest BCUT2D eigenvalue weighted by molar-refractivity contribution is 0.0341.